The monoisotopic (exact) mass is 245 g/mol. The van der Waals surface area contributed by atoms with Crippen LogP contribution in [0, 0.1) is 13.8 Å². The van der Waals surface area contributed by atoms with Crippen molar-refractivity contribution in [1.82, 2.24) is 4.98 Å². The summed E-state index contributed by atoms with van der Waals surface area (Å²) in [6.45, 7) is 5.58. The third-order valence-corrected chi connectivity index (χ3v) is 2.70. The molecule has 0 bridgehead atoms. The first-order valence-corrected chi connectivity index (χ1v) is 5.73. The lowest BCUT2D eigenvalue weighted by Gasteiger charge is -2.03. The van der Waals surface area contributed by atoms with E-state index in [2.05, 4.69) is 4.98 Å². The largest absolute Gasteiger partial charge is 0.484 e. The summed E-state index contributed by atoms with van der Waals surface area (Å²) < 4.78 is 10.9. The van der Waals surface area contributed by atoms with Gasteiger partial charge in [-0.3, -0.25) is 4.79 Å². The molecule has 0 saturated heterocycles. The number of ether oxygens (including phenoxy) is 1. The molecule has 18 heavy (non-hydrogen) atoms. The fourth-order valence-corrected chi connectivity index (χ4v) is 1.53. The lowest BCUT2D eigenvalue weighted by atomic mass is 10.1. The summed E-state index contributed by atoms with van der Waals surface area (Å²) in [6, 6.07) is 7.01. The van der Waals surface area contributed by atoms with E-state index in [1.54, 1.807) is 24.3 Å². The van der Waals surface area contributed by atoms with Crippen LogP contribution < -0.4 is 4.74 Å². The highest BCUT2D eigenvalue weighted by Gasteiger charge is 2.06. The summed E-state index contributed by atoms with van der Waals surface area (Å²) in [4.78, 5) is 15.3. The van der Waals surface area contributed by atoms with Crippen LogP contribution in [0.4, 0.5) is 0 Å². The Morgan fingerprint density at radius 2 is 1.94 bits per heavy atom. The third kappa shape index (κ3) is 2.77. The van der Waals surface area contributed by atoms with Gasteiger partial charge in [0.15, 0.2) is 12.4 Å². The van der Waals surface area contributed by atoms with Crippen molar-refractivity contribution in [2.24, 2.45) is 0 Å². The average molecular weight is 245 g/mol. The number of nitrogens with zero attached hydrogens (tertiary/aromatic N) is 1. The number of rotatable bonds is 4. The van der Waals surface area contributed by atoms with Crippen molar-refractivity contribution in [3.05, 3.63) is 47.2 Å². The van der Waals surface area contributed by atoms with Gasteiger partial charge in [0, 0.05) is 5.56 Å². The summed E-state index contributed by atoms with van der Waals surface area (Å²) in [5.74, 6) is 2.09. The van der Waals surface area contributed by atoms with E-state index in [-0.39, 0.29) is 12.4 Å². The van der Waals surface area contributed by atoms with Crippen molar-refractivity contribution in [1.29, 1.82) is 0 Å². The molecule has 0 aliphatic rings. The number of Topliss-reactive ketones (excluding diaryl/α,β-unsaturated/α-hetero) is 1. The fourth-order valence-electron chi connectivity index (χ4n) is 1.53. The Morgan fingerprint density at radius 1 is 1.28 bits per heavy atom. The van der Waals surface area contributed by atoms with E-state index in [0.717, 1.165) is 11.5 Å². The predicted molar refractivity (Wildman–Crippen MR) is 66.8 cm³/mol. The van der Waals surface area contributed by atoms with Gasteiger partial charge in [-0.15, -0.1) is 0 Å². The molecule has 1 heterocycles. The average Bonchev–Trinajstić information content (AvgIpc) is 2.67. The molecule has 1 aromatic heterocycles. The quantitative estimate of drug-likeness (QED) is 0.777. The Bertz CT molecular complexity index is 535. The summed E-state index contributed by atoms with van der Waals surface area (Å²) in [5, 5.41) is 0. The molecular weight excluding hydrogens is 230 g/mol. The molecule has 2 aromatic rings. The molecule has 0 fully saturated rings. The molecule has 4 heteroatoms. The number of benzene rings is 1. The number of carbonyl (C=O) groups is 1. The van der Waals surface area contributed by atoms with Crippen LogP contribution in [0.1, 0.15) is 34.6 Å². The van der Waals surface area contributed by atoms with Crippen LogP contribution in [-0.4, -0.2) is 10.8 Å². The fraction of sp³-hybridized carbons (Fsp3) is 0.286. The highest BCUT2D eigenvalue weighted by Crippen LogP contribution is 2.15. The van der Waals surface area contributed by atoms with Crippen molar-refractivity contribution in [2.75, 3.05) is 0 Å². The van der Waals surface area contributed by atoms with E-state index in [4.69, 9.17) is 9.15 Å². The van der Waals surface area contributed by atoms with Crippen LogP contribution in [0.5, 0.6) is 5.75 Å². The van der Waals surface area contributed by atoms with Gasteiger partial charge in [0.1, 0.15) is 11.5 Å². The maximum atomic E-state index is 11.1. The molecule has 0 aliphatic heterocycles. The Hall–Kier alpha value is -2.10. The molecule has 0 atom stereocenters. The standard InChI is InChI=1S/C14H15NO3/c1-9-11(3)18-14(15-9)8-17-13-6-4-12(5-7-13)10(2)16/h4-7H,8H2,1-3H3. The van der Waals surface area contributed by atoms with Crippen molar-refractivity contribution < 1.29 is 13.9 Å². The van der Waals surface area contributed by atoms with Crippen LogP contribution in [0.15, 0.2) is 28.7 Å². The van der Waals surface area contributed by atoms with E-state index in [9.17, 15) is 4.79 Å². The van der Waals surface area contributed by atoms with E-state index < -0.39 is 0 Å². The molecule has 94 valence electrons. The number of aromatic nitrogens is 1. The Morgan fingerprint density at radius 3 is 2.44 bits per heavy atom. The Labute approximate surface area is 106 Å². The maximum Gasteiger partial charge on any atom is 0.232 e. The Balaban J connectivity index is 2.00. The molecule has 1 aromatic carbocycles. The molecule has 0 spiro atoms. The van der Waals surface area contributed by atoms with E-state index in [1.165, 1.54) is 6.92 Å². The number of hydrogen-bond donors (Lipinski definition) is 0. The highest BCUT2D eigenvalue weighted by atomic mass is 16.5. The highest BCUT2D eigenvalue weighted by molar-refractivity contribution is 5.94. The van der Waals surface area contributed by atoms with Crippen LogP contribution in [0.2, 0.25) is 0 Å². The third-order valence-electron chi connectivity index (χ3n) is 2.70. The topological polar surface area (TPSA) is 52.3 Å². The maximum absolute atomic E-state index is 11.1. The van der Waals surface area contributed by atoms with Gasteiger partial charge in [-0.25, -0.2) is 4.98 Å². The van der Waals surface area contributed by atoms with Gasteiger partial charge < -0.3 is 9.15 Å². The molecule has 0 N–H and O–H groups in total. The van der Waals surface area contributed by atoms with Crippen molar-refractivity contribution in [3.8, 4) is 5.75 Å². The van der Waals surface area contributed by atoms with Gasteiger partial charge in [0.05, 0.1) is 5.69 Å². The van der Waals surface area contributed by atoms with E-state index in [0.29, 0.717) is 17.2 Å². The van der Waals surface area contributed by atoms with Gasteiger partial charge in [-0.1, -0.05) is 0 Å². The van der Waals surface area contributed by atoms with Crippen molar-refractivity contribution >= 4 is 5.78 Å². The van der Waals surface area contributed by atoms with E-state index in [1.807, 2.05) is 13.8 Å². The van der Waals surface area contributed by atoms with Gasteiger partial charge in [-0.05, 0) is 45.0 Å². The first-order chi connectivity index (χ1) is 8.56. The Kier molecular flexibility index (Phi) is 3.46. The van der Waals surface area contributed by atoms with Crippen LogP contribution >= 0.6 is 0 Å². The molecule has 4 nitrogen and oxygen atoms in total. The summed E-state index contributed by atoms with van der Waals surface area (Å²) in [5.41, 5.74) is 1.55. The van der Waals surface area contributed by atoms with Crippen molar-refractivity contribution in [2.45, 2.75) is 27.4 Å². The second kappa shape index (κ2) is 5.04. The lowest BCUT2D eigenvalue weighted by Crippen LogP contribution is -1.97. The predicted octanol–water partition coefficient (Wildman–Crippen LogP) is 3.07. The molecule has 0 amide bonds. The van der Waals surface area contributed by atoms with Gasteiger partial charge in [-0.2, -0.15) is 0 Å². The first-order valence-electron chi connectivity index (χ1n) is 5.73. The van der Waals surface area contributed by atoms with Gasteiger partial charge >= 0.3 is 0 Å². The zero-order chi connectivity index (χ0) is 13.1. The molecule has 0 unspecified atom stereocenters. The van der Waals surface area contributed by atoms with Crippen LogP contribution in [0.3, 0.4) is 0 Å². The SMILES string of the molecule is CC(=O)c1ccc(OCc2nc(C)c(C)o2)cc1. The minimum Gasteiger partial charge on any atom is -0.484 e. The zero-order valence-electron chi connectivity index (χ0n) is 10.7. The summed E-state index contributed by atoms with van der Waals surface area (Å²) in [6.07, 6.45) is 0. The number of aryl methyl sites for hydroxylation is 2. The molecule has 0 aliphatic carbocycles. The zero-order valence-corrected chi connectivity index (χ0v) is 10.7. The number of ketones is 1. The summed E-state index contributed by atoms with van der Waals surface area (Å²) >= 11 is 0. The van der Waals surface area contributed by atoms with E-state index >= 15 is 0 Å². The van der Waals surface area contributed by atoms with Crippen molar-refractivity contribution in [3.63, 3.8) is 0 Å². The molecule has 0 radical (unpaired) electrons. The summed E-state index contributed by atoms with van der Waals surface area (Å²) in [7, 11) is 0. The van der Waals surface area contributed by atoms with Crippen LogP contribution in [-0.2, 0) is 6.61 Å². The second-order valence-electron chi connectivity index (χ2n) is 4.12. The minimum atomic E-state index is 0.0421. The van der Waals surface area contributed by atoms with Crippen LogP contribution in [0.25, 0.3) is 0 Å². The first kappa shape index (κ1) is 12.4. The molecule has 0 saturated carbocycles. The number of hydrogen-bond acceptors (Lipinski definition) is 4. The lowest BCUT2D eigenvalue weighted by molar-refractivity contribution is 0.101. The van der Waals surface area contributed by atoms with Gasteiger partial charge in [0.25, 0.3) is 0 Å². The molecular formula is C14H15NO3. The normalized spacial score (nSPS) is 10.4. The minimum absolute atomic E-state index is 0.0421. The number of carbonyl (C=O) groups excluding carboxylic acids is 1. The molecule has 2 rings (SSSR count). The number of oxazole rings is 1. The second-order valence-corrected chi connectivity index (χ2v) is 4.12. The van der Waals surface area contributed by atoms with Gasteiger partial charge in [0.2, 0.25) is 5.89 Å². The smallest absolute Gasteiger partial charge is 0.232 e.